The second-order valence-corrected chi connectivity index (χ2v) is 6.15. The summed E-state index contributed by atoms with van der Waals surface area (Å²) in [5.41, 5.74) is 9.87. The molecule has 27 heavy (non-hydrogen) atoms. The highest BCUT2D eigenvalue weighted by Gasteiger charge is 2.09. The normalized spacial score (nSPS) is 10.8. The number of H-pyrrole nitrogens is 1. The number of benzene rings is 1. The van der Waals surface area contributed by atoms with Crippen LogP contribution in [0.4, 0.5) is 0 Å². The molecule has 0 saturated carbocycles. The molecule has 4 rings (SSSR count). The van der Waals surface area contributed by atoms with Crippen molar-refractivity contribution in [3.05, 3.63) is 67.3 Å². The predicted molar refractivity (Wildman–Crippen MR) is 102 cm³/mol. The van der Waals surface area contributed by atoms with Crippen molar-refractivity contribution in [2.24, 2.45) is 5.73 Å². The zero-order valence-corrected chi connectivity index (χ0v) is 14.5. The number of pyridine rings is 1. The van der Waals surface area contributed by atoms with Gasteiger partial charge >= 0.3 is 0 Å². The van der Waals surface area contributed by atoms with Gasteiger partial charge in [0.2, 0.25) is 5.91 Å². The maximum absolute atomic E-state index is 10.9. The maximum atomic E-state index is 10.9. The molecule has 1 aromatic carbocycles. The van der Waals surface area contributed by atoms with Crippen molar-refractivity contribution in [2.45, 2.75) is 13.0 Å². The van der Waals surface area contributed by atoms with Crippen molar-refractivity contribution in [3.63, 3.8) is 0 Å². The van der Waals surface area contributed by atoms with Crippen molar-refractivity contribution in [1.82, 2.24) is 24.7 Å². The van der Waals surface area contributed by atoms with Crippen LogP contribution in [0.25, 0.3) is 33.9 Å². The maximum Gasteiger partial charge on any atom is 0.219 e. The molecular formula is C20H18N6O. The Bertz CT molecular complexity index is 1070. The Kier molecular flexibility index (Phi) is 4.49. The minimum Gasteiger partial charge on any atom is -0.370 e. The number of aromatic nitrogens is 5. The lowest BCUT2D eigenvalue weighted by molar-refractivity contribution is -0.118. The van der Waals surface area contributed by atoms with Crippen LogP contribution in [0.5, 0.6) is 0 Å². The van der Waals surface area contributed by atoms with Gasteiger partial charge in [-0.15, -0.1) is 0 Å². The quantitative estimate of drug-likeness (QED) is 0.553. The number of nitrogens with one attached hydrogen (secondary N) is 1. The van der Waals surface area contributed by atoms with Crippen LogP contribution in [-0.2, 0) is 11.3 Å². The smallest absolute Gasteiger partial charge is 0.219 e. The molecule has 0 aliphatic carbocycles. The van der Waals surface area contributed by atoms with E-state index < -0.39 is 0 Å². The monoisotopic (exact) mass is 358 g/mol. The fourth-order valence-electron chi connectivity index (χ4n) is 2.82. The molecule has 0 atom stereocenters. The van der Waals surface area contributed by atoms with E-state index in [2.05, 4.69) is 20.1 Å². The Morgan fingerprint density at radius 2 is 1.89 bits per heavy atom. The standard InChI is InChI=1S/C20H18N6O/c21-19(27)7-9-26-13-16(11-24-26)15-6-8-22-17(10-15)20-23-12-18(25-20)14-4-2-1-3-5-14/h1-6,8,10-13H,7,9H2,(H2,21,27)(H,23,25). The van der Waals surface area contributed by atoms with Crippen molar-refractivity contribution in [1.29, 1.82) is 0 Å². The van der Waals surface area contributed by atoms with Gasteiger partial charge in [-0.3, -0.25) is 14.5 Å². The summed E-state index contributed by atoms with van der Waals surface area (Å²) in [4.78, 5) is 23.1. The van der Waals surface area contributed by atoms with Gasteiger partial charge in [-0.05, 0) is 23.3 Å². The lowest BCUT2D eigenvalue weighted by Crippen LogP contribution is -2.13. The molecule has 7 heteroatoms. The molecule has 3 N–H and O–H groups in total. The molecule has 0 spiro atoms. The van der Waals surface area contributed by atoms with E-state index >= 15 is 0 Å². The summed E-state index contributed by atoms with van der Waals surface area (Å²) in [6, 6.07) is 13.9. The zero-order valence-electron chi connectivity index (χ0n) is 14.5. The molecule has 0 unspecified atom stereocenters. The number of aryl methyl sites for hydroxylation is 1. The van der Waals surface area contributed by atoms with Gasteiger partial charge in [-0.25, -0.2) is 4.98 Å². The molecule has 0 aliphatic rings. The largest absolute Gasteiger partial charge is 0.370 e. The number of carbonyl (C=O) groups excluding carboxylic acids is 1. The molecule has 7 nitrogen and oxygen atoms in total. The topological polar surface area (TPSA) is 102 Å². The third-order valence-electron chi connectivity index (χ3n) is 4.22. The molecule has 4 aromatic rings. The number of carbonyl (C=O) groups is 1. The van der Waals surface area contributed by atoms with Crippen molar-refractivity contribution in [3.8, 4) is 33.9 Å². The van der Waals surface area contributed by atoms with Crippen LogP contribution >= 0.6 is 0 Å². The molecular weight excluding hydrogens is 340 g/mol. The first-order valence-corrected chi connectivity index (χ1v) is 8.57. The van der Waals surface area contributed by atoms with Gasteiger partial charge in [0.25, 0.3) is 0 Å². The second kappa shape index (κ2) is 7.25. The summed E-state index contributed by atoms with van der Waals surface area (Å²) in [7, 11) is 0. The highest BCUT2D eigenvalue weighted by molar-refractivity contribution is 5.73. The number of nitrogens with zero attached hydrogens (tertiary/aromatic N) is 4. The van der Waals surface area contributed by atoms with E-state index in [1.165, 1.54) is 0 Å². The third-order valence-corrected chi connectivity index (χ3v) is 4.22. The van der Waals surface area contributed by atoms with Crippen molar-refractivity contribution < 1.29 is 4.79 Å². The van der Waals surface area contributed by atoms with Crippen LogP contribution < -0.4 is 5.73 Å². The van der Waals surface area contributed by atoms with Gasteiger partial charge < -0.3 is 10.7 Å². The number of rotatable bonds is 6. The van der Waals surface area contributed by atoms with E-state index in [0.29, 0.717) is 12.4 Å². The molecule has 0 saturated heterocycles. The summed E-state index contributed by atoms with van der Waals surface area (Å²) in [6.07, 6.45) is 7.46. The average Bonchev–Trinajstić information content (AvgIpc) is 3.37. The molecule has 1 amide bonds. The minimum absolute atomic E-state index is 0.261. The highest BCUT2D eigenvalue weighted by Crippen LogP contribution is 2.25. The number of aromatic amines is 1. The highest BCUT2D eigenvalue weighted by atomic mass is 16.1. The van der Waals surface area contributed by atoms with Crippen LogP contribution in [0.1, 0.15) is 6.42 Å². The summed E-state index contributed by atoms with van der Waals surface area (Å²) >= 11 is 0. The summed E-state index contributed by atoms with van der Waals surface area (Å²) in [5.74, 6) is 0.363. The van der Waals surface area contributed by atoms with Crippen molar-refractivity contribution in [2.75, 3.05) is 0 Å². The van der Waals surface area contributed by atoms with Crippen LogP contribution in [-0.4, -0.2) is 30.6 Å². The van der Waals surface area contributed by atoms with Crippen LogP contribution in [0, 0.1) is 0 Å². The molecule has 0 radical (unpaired) electrons. The zero-order chi connectivity index (χ0) is 18.6. The van der Waals surface area contributed by atoms with Crippen molar-refractivity contribution >= 4 is 5.91 Å². The molecule has 0 fully saturated rings. The van der Waals surface area contributed by atoms with Crippen LogP contribution in [0.2, 0.25) is 0 Å². The van der Waals surface area contributed by atoms with E-state index in [1.54, 1.807) is 23.3 Å². The molecule has 0 aliphatic heterocycles. The fraction of sp³-hybridized carbons (Fsp3) is 0.100. The number of nitrogens with two attached hydrogens (primary N) is 1. The van der Waals surface area contributed by atoms with Gasteiger partial charge in [0.1, 0.15) is 5.69 Å². The molecule has 3 aromatic heterocycles. The van der Waals surface area contributed by atoms with Gasteiger partial charge in [0, 0.05) is 30.9 Å². The lowest BCUT2D eigenvalue weighted by Gasteiger charge is -2.01. The van der Waals surface area contributed by atoms with Gasteiger partial charge in [0.05, 0.1) is 18.1 Å². The summed E-state index contributed by atoms with van der Waals surface area (Å²) < 4.78 is 1.71. The van der Waals surface area contributed by atoms with Gasteiger partial charge in [-0.2, -0.15) is 5.10 Å². The Hall–Kier alpha value is -3.74. The van der Waals surface area contributed by atoms with E-state index in [4.69, 9.17) is 5.73 Å². The minimum atomic E-state index is -0.342. The summed E-state index contributed by atoms with van der Waals surface area (Å²) in [6.45, 7) is 0.464. The molecule has 0 bridgehead atoms. The predicted octanol–water partition coefficient (Wildman–Crippen LogP) is 2.88. The number of hydrogen-bond donors (Lipinski definition) is 2. The molecule has 3 heterocycles. The Morgan fingerprint density at radius 3 is 2.70 bits per heavy atom. The Morgan fingerprint density at radius 1 is 1.04 bits per heavy atom. The summed E-state index contributed by atoms with van der Waals surface area (Å²) in [5, 5.41) is 4.28. The number of hydrogen-bond acceptors (Lipinski definition) is 4. The first-order chi connectivity index (χ1) is 13.2. The number of amides is 1. The van der Waals surface area contributed by atoms with Crippen LogP contribution in [0.15, 0.2) is 67.3 Å². The van der Waals surface area contributed by atoms with Crippen LogP contribution in [0.3, 0.4) is 0 Å². The average molecular weight is 358 g/mol. The molecule has 134 valence electrons. The van der Waals surface area contributed by atoms with Gasteiger partial charge in [0.15, 0.2) is 5.82 Å². The number of primary amides is 1. The van der Waals surface area contributed by atoms with Gasteiger partial charge in [-0.1, -0.05) is 30.3 Å². The fourth-order valence-corrected chi connectivity index (χ4v) is 2.82. The van der Waals surface area contributed by atoms with E-state index in [1.807, 2.05) is 48.7 Å². The Balaban J connectivity index is 1.58. The second-order valence-electron chi connectivity index (χ2n) is 6.15. The Labute approximate surface area is 155 Å². The lowest BCUT2D eigenvalue weighted by atomic mass is 10.1. The van der Waals surface area contributed by atoms with E-state index in [-0.39, 0.29) is 12.3 Å². The SMILES string of the molecule is NC(=O)CCn1cc(-c2ccnc(-c3ncc(-c4ccccc4)[nH]3)c2)cn1. The van der Waals surface area contributed by atoms with E-state index in [9.17, 15) is 4.79 Å². The third kappa shape index (κ3) is 3.77. The van der Waals surface area contributed by atoms with E-state index in [0.717, 1.165) is 28.1 Å². The number of imidazole rings is 1. The first kappa shape index (κ1) is 16.7. The first-order valence-electron chi connectivity index (χ1n) is 8.57.